The van der Waals surface area contributed by atoms with Crippen LogP contribution in [-0.4, -0.2) is 16.5 Å². The lowest BCUT2D eigenvalue weighted by atomic mass is 9.97. The lowest BCUT2D eigenvalue weighted by Gasteiger charge is -2.31. The third kappa shape index (κ3) is 2.67. The standard InChI is InChI=1S/C19H18ClN3O/c1-12-4-2-6-17-14(12)5-3-9-23(17)11-18-21-16-8-7-13(20)10-15(16)19(24)22-18/h2,4,6-8,10H,3,5,9,11H2,1H3,(H,21,22,24). The summed E-state index contributed by atoms with van der Waals surface area (Å²) in [6.07, 6.45) is 2.23. The molecule has 0 unspecified atom stereocenters. The van der Waals surface area contributed by atoms with E-state index in [2.05, 4.69) is 40.0 Å². The van der Waals surface area contributed by atoms with Crippen molar-refractivity contribution in [3.63, 3.8) is 0 Å². The zero-order chi connectivity index (χ0) is 16.7. The quantitative estimate of drug-likeness (QED) is 0.771. The van der Waals surface area contributed by atoms with E-state index in [9.17, 15) is 4.79 Å². The summed E-state index contributed by atoms with van der Waals surface area (Å²) >= 11 is 5.97. The minimum Gasteiger partial charge on any atom is -0.364 e. The Kier molecular flexibility index (Phi) is 3.77. The second-order valence-electron chi connectivity index (χ2n) is 6.27. The van der Waals surface area contributed by atoms with Gasteiger partial charge in [-0.05, 0) is 55.2 Å². The Morgan fingerprint density at radius 3 is 3.04 bits per heavy atom. The fraction of sp³-hybridized carbons (Fsp3) is 0.263. The molecule has 0 amide bonds. The summed E-state index contributed by atoms with van der Waals surface area (Å²) in [7, 11) is 0. The number of nitrogens with zero attached hydrogens (tertiary/aromatic N) is 2. The normalized spacial score (nSPS) is 14.0. The van der Waals surface area contributed by atoms with Crippen LogP contribution in [0.15, 0.2) is 41.2 Å². The van der Waals surface area contributed by atoms with Crippen LogP contribution in [0.4, 0.5) is 5.69 Å². The van der Waals surface area contributed by atoms with Crippen LogP contribution >= 0.6 is 11.6 Å². The van der Waals surface area contributed by atoms with Gasteiger partial charge >= 0.3 is 0 Å². The molecular weight excluding hydrogens is 322 g/mol. The minimum atomic E-state index is -0.140. The highest BCUT2D eigenvalue weighted by molar-refractivity contribution is 6.31. The van der Waals surface area contributed by atoms with Crippen LogP contribution in [0.5, 0.6) is 0 Å². The van der Waals surface area contributed by atoms with Gasteiger partial charge in [0.2, 0.25) is 0 Å². The van der Waals surface area contributed by atoms with Gasteiger partial charge in [-0.2, -0.15) is 0 Å². The van der Waals surface area contributed by atoms with Gasteiger partial charge in [-0.3, -0.25) is 4.79 Å². The molecule has 4 nitrogen and oxygen atoms in total. The number of hydrogen-bond acceptors (Lipinski definition) is 3. The summed E-state index contributed by atoms with van der Waals surface area (Å²) in [4.78, 5) is 22.1. The van der Waals surface area contributed by atoms with Crippen LogP contribution in [0.25, 0.3) is 10.9 Å². The van der Waals surface area contributed by atoms with Crippen molar-refractivity contribution in [1.29, 1.82) is 0 Å². The van der Waals surface area contributed by atoms with Crippen molar-refractivity contribution >= 4 is 28.2 Å². The van der Waals surface area contributed by atoms with Crippen molar-refractivity contribution in [2.24, 2.45) is 0 Å². The van der Waals surface area contributed by atoms with Crippen molar-refractivity contribution < 1.29 is 0 Å². The smallest absolute Gasteiger partial charge is 0.258 e. The second kappa shape index (κ2) is 5.95. The lowest BCUT2D eigenvalue weighted by Crippen LogP contribution is -2.31. The Morgan fingerprint density at radius 2 is 2.17 bits per heavy atom. The van der Waals surface area contributed by atoms with Gasteiger partial charge in [0.25, 0.3) is 5.56 Å². The zero-order valence-corrected chi connectivity index (χ0v) is 14.2. The average molecular weight is 340 g/mol. The Bertz CT molecular complexity index is 980. The van der Waals surface area contributed by atoms with E-state index in [0.717, 1.165) is 19.4 Å². The Hall–Kier alpha value is -2.33. The third-order valence-electron chi connectivity index (χ3n) is 4.64. The van der Waals surface area contributed by atoms with Gasteiger partial charge in [0.1, 0.15) is 5.82 Å². The van der Waals surface area contributed by atoms with E-state index in [-0.39, 0.29) is 5.56 Å². The maximum absolute atomic E-state index is 12.3. The highest BCUT2D eigenvalue weighted by Gasteiger charge is 2.19. The summed E-state index contributed by atoms with van der Waals surface area (Å²) in [6.45, 7) is 3.73. The van der Waals surface area contributed by atoms with E-state index < -0.39 is 0 Å². The highest BCUT2D eigenvalue weighted by atomic mass is 35.5. The molecule has 1 aliphatic rings. The summed E-state index contributed by atoms with van der Waals surface area (Å²) in [5, 5.41) is 1.07. The minimum absolute atomic E-state index is 0.140. The first-order valence-electron chi connectivity index (χ1n) is 8.14. The molecule has 2 aromatic carbocycles. The van der Waals surface area contributed by atoms with Gasteiger partial charge in [0.15, 0.2) is 0 Å². The SMILES string of the molecule is Cc1cccc2c1CCCN2Cc1nc2ccc(Cl)cc2c(=O)[nH]1. The summed E-state index contributed by atoms with van der Waals surface area (Å²) in [5.41, 5.74) is 4.52. The zero-order valence-electron chi connectivity index (χ0n) is 13.5. The second-order valence-corrected chi connectivity index (χ2v) is 6.71. The molecule has 0 aliphatic carbocycles. The van der Waals surface area contributed by atoms with Gasteiger partial charge in [0.05, 0.1) is 17.4 Å². The molecule has 0 saturated carbocycles. The molecule has 0 radical (unpaired) electrons. The summed E-state index contributed by atoms with van der Waals surface area (Å²) in [5.74, 6) is 0.684. The van der Waals surface area contributed by atoms with Gasteiger partial charge in [0, 0.05) is 17.3 Å². The fourth-order valence-electron chi connectivity index (χ4n) is 3.45. The Labute approximate surface area is 145 Å². The first-order chi connectivity index (χ1) is 11.6. The van der Waals surface area contributed by atoms with Crippen LogP contribution in [-0.2, 0) is 13.0 Å². The van der Waals surface area contributed by atoms with Gasteiger partial charge in [-0.1, -0.05) is 23.7 Å². The first kappa shape index (κ1) is 15.2. The van der Waals surface area contributed by atoms with Crippen LogP contribution in [0, 0.1) is 6.92 Å². The van der Waals surface area contributed by atoms with Crippen LogP contribution in [0.2, 0.25) is 5.02 Å². The fourth-order valence-corrected chi connectivity index (χ4v) is 3.63. The lowest BCUT2D eigenvalue weighted by molar-refractivity contribution is 0.672. The average Bonchev–Trinajstić information content (AvgIpc) is 2.57. The van der Waals surface area contributed by atoms with Crippen molar-refractivity contribution in [3.05, 3.63) is 68.7 Å². The molecule has 4 rings (SSSR count). The van der Waals surface area contributed by atoms with E-state index >= 15 is 0 Å². The molecule has 3 aromatic rings. The molecule has 0 fully saturated rings. The number of nitrogens with one attached hydrogen (secondary N) is 1. The molecule has 0 atom stereocenters. The van der Waals surface area contributed by atoms with Crippen LogP contribution < -0.4 is 10.5 Å². The molecule has 0 saturated heterocycles. The number of rotatable bonds is 2. The molecule has 1 aliphatic heterocycles. The van der Waals surface area contributed by atoms with Crippen LogP contribution in [0.3, 0.4) is 0 Å². The van der Waals surface area contributed by atoms with E-state index in [1.807, 2.05) is 0 Å². The molecular formula is C19H18ClN3O. The number of benzene rings is 2. The molecule has 24 heavy (non-hydrogen) atoms. The number of aryl methyl sites for hydroxylation is 1. The molecule has 122 valence electrons. The third-order valence-corrected chi connectivity index (χ3v) is 4.87. The van der Waals surface area contributed by atoms with Crippen molar-refractivity contribution in [1.82, 2.24) is 9.97 Å². The molecule has 1 N–H and O–H groups in total. The molecule has 0 spiro atoms. The number of anilines is 1. The highest BCUT2D eigenvalue weighted by Crippen LogP contribution is 2.30. The predicted octanol–water partition coefficient (Wildman–Crippen LogP) is 3.84. The Balaban J connectivity index is 1.72. The summed E-state index contributed by atoms with van der Waals surface area (Å²) < 4.78 is 0. The van der Waals surface area contributed by atoms with Crippen molar-refractivity contribution in [2.75, 3.05) is 11.4 Å². The molecule has 1 aromatic heterocycles. The van der Waals surface area contributed by atoms with E-state index in [1.165, 1.54) is 16.8 Å². The number of aromatic nitrogens is 2. The van der Waals surface area contributed by atoms with E-state index in [1.54, 1.807) is 18.2 Å². The first-order valence-corrected chi connectivity index (χ1v) is 8.51. The molecule has 0 bridgehead atoms. The van der Waals surface area contributed by atoms with Crippen molar-refractivity contribution in [2.45, 2.75) is 26.3 Å². The van der Waals surface area contributed by atoms with Gasteiger partial charge in [-0.25, -0.2) is 4.98 Å². The largest absolute Gasteiger partial charge is 0.364 e. The number of hydrogen-bond donors (Lipinski definition) is 1. The number of H-pyrrole nitrogens is 1. The van der Waals surface area contributed by atoms with E-state index in [4.69, 9.17) is 11.6 Å². The maximum Gasteiger partial charge on any atom is 0.258 e. The van der Waals surface area contributed by atoms with Crippen molar-refractivity contribution in [3.8, 4) is 0 Å². The summed E-state index contributed by atoms with van der Waals surface area (Å²) in [6, 6.07) is 11.6. The Morgan fingerprint density at radius 1 is 1.29 bits per heavy atom. The number of halogens is 1. The molecule has 2 heterocycles. The monoisotopic (exact) mass is 339 g/mol. The van der Waals surface area contributed by atoms with E-state index in [0.29, 0.717) is 28.3 Å². The van der Waals surface area contributed by atoms with Crippen LogP contribution in [0.1, 0.15) is 23.4 Å². The maximum atomic E-state index is 12.3. The van der Waals surface area contributed by atoms with Gasteiger partial charge in [-0.15, -0.1) is 0 Å². The number of aromatic amines is 1. The number of fused-ring (bicyclic) bond motifs is 2. The molecule has 5 heteroatoms. The predicted molar refractivity (Wildman–Crippen MR) is 97.9 cm³/mol. The van der Waals surface area contributed by atoms with Gasteiger partial charge < -0.3 is 9.88 Å². The topological polar surface area (TPSA) is 49.0 Å².